The molecular formula is C16H21N3O2S. The summed E-state index contributed by atoms with van der Waals surface area (Å²) in [6, 6.07) is 7.75. The third-order valence-electron chi connectivity index (χ3n) is 4.30. The Kier molecular flexibility index (Phi) is 3.51. The first-order chi connectivity index (χ1) is 10.3. The lowest BCUT2D eigenvalue weighted by Gasteiger charge is -2.33. The fourth-order valence-corrected chi connectivity index (χ4v) is 5.24. The summed E-state index contributed by atoms with van der Waals surface area (Å²) in [5.41, 5.74) is 3.11. The molecule has 5 nitrogen and oxygen atoms in total. The van der Waals surface area contributed by atoms with E-state index in [4.69, 9.17) is 0 Å². The Bertz CT molecular complexity index is 824. The number of nitrogens with zero attached hydrogens (tertiary/aromatic N) is 3. The second-order valence-electron chi connectivity index (χ2n) is 6.10. The molecule has 1 aliphatic rings. The van der Waals surface area contributed by atoms with E-state index in [-0.39, 0.29) is 0 Å². The van der Waals surface area contributed by atoms with Crippen molar-refractivity contribution in [1.82, 2.24) is 9.78 Å². The van der Waals surface area contributed by atoms with E-state index in [1.54, 1.807) is 29.9 Å². The van der Waals surface area contributed by atoms with Gasteiger partial charge in [-0.15, -0.1) is 0 Å². The Morgan fingerprint density at radius 2 is 1.91 bits per heavy atom. The van der Waals surface area contributed by atoms with Gasteiger partial charge in [-0.05, 0) is 37.8 Å². The molecule has 2 aromatic rings. The Hall–Kier alpha value is -1.82. The molecule has 0 bridgehead atoms. The zero-order chi connectivity index (χ0) is 16.1. The summed E-state index contributed by atoms with van der Waals surface area (Å²) in [5.74, 6) is 0.293. The minimum absolute atomic E-state index is 0.293. The summed E-state index contributed by atoms with van der Waals surface area (Å²) in [6.07, 6.45) is 0.910. The summed E-state index contributed by atoms with van der Waals surface area (Å²) >= 11 is 0. The molecule has 0 aliphatic carbocycles. The van der Waals surface area contributed by atoms with Crippen LogP contribution >= 0.6 is 0 Å². The number of hydrogen-bond donors (Lipinski definition) is 0. The van der Waals surface area contributed by atoms with Gasteiger partial charge in [-0.3, -0.25) is 8.99 Å². The van der Waals surface area contributed by atoms with E-state index in [9.17, 15) is 8.42 Å². The first kappa shape index (κ1) is 15.1. The van der Waals surface area contributed by atoms with Gasteiger partial charge in [-0.1, -0.05) is 25.1 Å². The summed E-state index contributed by atoms with van der Waals surface area (Å²) in [5, 5.41) is 4.26. The SMILES string of the molecule is Cc1nn(C)c(C)c1S(=O)(=O)N1C[C@@H](C)Cc2ccccc21. The molecule has 1 atom stereocenters. The molecule has 0 N–H and O–H groups in total. The number of sulfonamides is 1. The molecule has 1 aromatic carbocycles. The van der Waals surface area contributed by atoms with Crippen LogP contribution in [0.5, 0.6) is 0 Å². The number of benzene rings is 1. The topological polar surface area (TPSA) is 55.2 Å². The Morgan fingerprint density at radius 3 is 2.55 bits per heavy atom. The molecule has 0 amide bonds. The molecule has 0 saturated carbocycles. The Balaban J connectivity index is 2.18. The van der Waals surface area contributed by atoms with Gasteiger partial charge in [0.2, 0.25) is 0 Å². The summed E-state index contributed by atoms with van der Waals surface area (Å²) < 4.78 is 29.6. The maximum absolute atomic E-state index is 13.2. The Labute approximate surface area is 131 Å². The second kappa shape index (κ2) is 5.12. The minimum Gasteiger partial charge on any atom is -0.271 e. The summed E-state index contributed by atoms with van der Waals surface area (Å²) in [4.78, 5) is 0.332. The summed E-state index contributed by atoms with van der Waals surface area (Å²) in [7, 11) is -1.83. The predicted octanol–water partition coefficient (Wildman–Crippen LogP) is 2.42. The normalized spacial score (nSPS) is 18.4. The van der Waals surface area contributed by atoms with Gasteiger partial charge < -0.3 is 0 Å². The largest absolute Gasteiger partial charge is 0.271 e. The lowest BCUT2D eigenvalue weighted by atomic mass is 9.96. The molecule has 6 heteroatoms. The maximum atomic E-state index is 13.2. The average Bonchev–Trinajstić information content (AvgIpc) is 2.71. The van der Waals surface area contributed by atoms with Crippen molar-refractivity contribution < 1.29 is 8.42 Å². The van der Waals surface area contributed by atoms with Crippen LogP contribution in [0.2, 0.25) is 0 Å². The van der Waals surface area contributed by atoms with Crippen molar-refractivity contribution in [2.45, 2.75) is 32.1 Å². The molecule has 0 radical (unpaired) electrons. The van der Waals surface area contributed by atoms with Crippen LogP contribution in [-0.2, 0) is 23.5 Å². The van der Waals surface area contributed by atoms with Crippen molar-refractivity contribution >= 4 is 15.7 Å². The molecule has 0 saturated heterocycles. The molecule has 0 spiro atoms. The maximum Gasteiger partial charge on any atom is 0.268 e. The standard InChI is InChI=1S/C16H21N3O2S/c1-11-9-14-7-5-6-8-15(14)19(10-11)22(20,21)16-12(2)17-18(4)13(16)3/h5-8,11H,9-10H2,1-4H3/t11-/m0/s1. The van der Waals surface area contributed by atoms with Crippen LogP contribution in [-0.4, -0.2) is 24.7 Å². The van der Waals surface area contributed by atoms with Crippen LogP contribution in [0.1, 0.15) is 23.9 Å². The van der Waals surface area contributed by atoms with Gasteiger partial charge in [-0.25, -0.2) is 8.42 Å². The van der Waals surface area contributed by atoms with Gasteiger partial charge in [-0.2, -0.15) is 5.10 Å². The van der Waals surface area contributed by atoms with Crippen LogP contribution in [0, 0.1) is 19.8 Å². The van der Waals surface area contributed by atoms with Gasteiger partial charge >= 0.3 is 0 Å². The average molecular weight is 319 g/mol. The van der Waals surface area contributed by atoms with Crippen LogP contribution < -0.4 is 4.31 Å². The van der Waals surface area contributed by atoms with Crippen molar-refractivity contribution in [3.8, 4) is 0 Å². The summed E-state index contributed by atoms with van der Waals surface area (Å²) in [6.45, 7) is 6.14. The molecular weight excluding hydrogens is 298 g/mol. The Morgan fingerprint density at radius 1 is 1.23 bits per heavy atom. The van der Waals surface area contributed by atoms with Gasteiger partial charge in [0.15, 0.2) is 0 Å². The monoisotopic (exact) mass is 319 g/mol. The molecule has 1 aliphatic heterocycles. The van der Waals surface area contributed by atoms with Crippen LogP contribution in [0.15, 0.2) is 29.2 Å². The van der Waals surface area contributed by atoms with E-state index in [0.717, 1.165) is 17.7 Å². The lowest BCUT2D eigenvalue weighted by molar-refractivity contribution is 0.544. The van der Waals surface area contributed by atoms with Gasteiger partial charge in [0.05, 0.1) is 17.1 Å². The highest BCUT2D eigenvalue weighted by Gasteiger charge is 2.35. The van der Waals surface area contributed by atoms with Gasteiger partial charge in [0.25, 0.3) is 10.0 Å². The number of fused-ring (bicyclic) bond motifs is 1. The number of para-hydroxylation sites is 1. The fourth-order valence-electron chi connectivity index (χ4n) is 3.21. The number of aromatic nitrogens is 2. The van der Waals surface area contributed by atoms with Crippen LogP contribution in [0.4, 0.5) is 5.69 Å². The van der Waals surface area contributed by atoms with Gasteiger partial charge in [0, 0.05) is 13.6 Å². The van der Waals surface area contributed by atoms with Crippen molar-refractivity contribution in [3.63, 3.8) is 0 Å². The quantitative estimate of drug-likeness (QED) is 0.854. The van der Waals surface area contributed by atoms with Crippen LogP contribution in [0.25, 0.3) is 0 Å². The number of rotatable bonds is 2. The van der Waals surface area contributed by atoms with E-state index in [0.29, 0.717) is 28.7 Å². The number of hydrogen-bond acceptors (Lipinski definition) is 3. The van der Waals surface area contributed by atoms with E-state index in [2.05, 4.69) is 12.0 Å². The highest BCUT2D eigenvalue weighted by Crippen LogP contribution is 2.35. The molecule has 3 rings (SSSR count). The molecule has 1 aromatic heterocycles. The lowest BCUT2D eigenvalue weighted by Crippen LogP contribution is -2.39. The van der Waals surface area contributed by atoms with E-state index >= 15 is 0 Å². The molecule has 22 heavy (non-hydrogen) atoms. The van der Waals surface area contributed by atoms with E-state index in [1.165, 1.54) is 0 Å². The zero-order valence-corrected chi connectivity index (χ0v) is 14.2. The number of anilines is 1. The van der Waals surface area contributed by atoms with E-state index < -0.39 is 10.0 Å². The second-order valence-corrected chi connectivity index (χ2v) is 7.90. The van der Waals surface area contributed by atoms with Crippen molar-refractivity contribution in [1.29, 1.82) is 0 Å². The predicted molar refractivity (Wildman–Crippen MR) is 86.5 cm³/mol. The molecule has 0 unspecified atom stereocenters. The van der Waals surface area contributed by atoms with Gasteiger partial charge in [0.1, 0.15) is 4.90 Å². The smallest absolute Gasteiger partial charge is 0.268 e. The van der Waals surface area contributed by atoms with E-state index in [1.807, 2.05) is 24.3 Å². The molecule has 118 valence electrons. The molecule has 2 heterocycles. The number of aryl methyl sites for hydroxylation is 2. The van der Waals surface area contributed by atoms with Crippen molar-refractivity contribution in [2.24, 2.45) is 13.0 Å². The van der Waals surface area contributed by atoms with Crippen molar-refractivity contribution in [2.75, 3.05) is 10.8 Å². The zero-order valence-electron chi connectivity index (χ0n) is 13.4. The molecule has 0 fully saturated rings. The van der Waals surface area contributed by atoms with Crippen molar-refractivity contribution in [3.05, 3.63) is 41.2 Å². The fraction of sp³-hybridized carbons (Fsp3) is 0.438. The highest BCUT2D eigenvalue weighted by molar-refractivity contribution is 7.93. The minimum atomic E-state index is -3.60. The third kappa shape index (κ3) is 2.22. The third-order valence-corrected chi connectivity index (χ3v) is 6.33. The highest BCUT2D eigenvalue weighted by atomic mass is 32.2. The first-order valence-corrected chi connectivity index (χ1v) is 8.87. The van der Waals surface area contributed by atoms with Crippen LogP contribution in [0.3, 0.4) is 0 Å². The first-order valence-electron chi connectivity index (χ1n) is 7.43.